The van der Waals surface area contributed by atoms with E-state index in [4.69, 9.17) is 0 Å². The van der Waals surface area contributed by atoms with E-state index >= 15 is 0 Å². The Morgan fingerprint density at radius 2 is 0.731 bits per heavy atom. The van der Waals surface area contributed by atoms with Crippen molar-refractivity contribution in [2.45, 2.75) is 135 Å². The molecule has 0 fully saturated rings. The zero-order valence-corrected chi connectivity index (χ0v) is 19.8. The minimum absolute atomic E-state index is 1.02. The van der Waals surface area contributed by atoms with Gasteiger partial charge in [-0.05, 0) is 42.0 Å². The molecule has 0 aromatic heterocycles. The van der Waals surface area contributed by atoms with Crippen molar-refractivity contribution < 1.29 is 23.2 Å². The molecule has 0 saturated heterocycles. The molecule has 0 rings (SSSR count). The zero-order chi connectivity index (χ0) is 19.1. The van der Waals surface area contributed by atoms with Crippen molar-refractivity contribution >= 4 is 0 Å². The standard InChI is InChI=1S/C24H52Cl2/c1-2-3-4-9-14-19-24(20-15-10-5-7-12-17-22-25)21-16-11-6-8-13-18-23-26/h24H,2-23,25-26H2,1H3/q+4. The molecule has 0 heterocycles. The zero-order valence-electron chi connectivity index (χ0n) is 18.0. The Hall–Kier alpha value is 0.580. The number of hydrogen-bond acceptors (Lipinski definition) is 0. The molecule has 0 saturated carbocycles. The number of alkyl halides is 2. The van der Waals surface area contributed by atoms with Crippen molar-refractivity contribution in [3.8, 4) is 0 Å². The summed E-state index contributed by atoms with van der Waals surface area (Å²) in [5.41, 5.74) is 0. The first-order chi connectivity index (χ1) is 12.8. The quantitative estimate of drug-likeness (QED) is 0.128. The topological polar surface area (TPSA) is 0 Å². The number of rotatable bonds is 22. The van der Waals surface area contributed by atoms with E-state index in [1.165, 1.54) is 128 Å². The molecule has 0 aromatic rings. The highest BCUT2D eigenvalue weighted by molar-refractivity contribution is 4.62. The second kappa shape index (κ2) is 23.6. The smallest absolute Gasteiger partial charge is 0.0654 e. The van der Waals surface area contributed by atoms with Crippen LogP contribution < -0.4 is 0 Å². The molecule has 0 amide bonds. The van der Waals surface area contributed by atoms with Gasteiger partial charge in [-0.25, -0.2) is 0 Å². The van der Waals surface area contributed by atoms with E-state index in [-0.39, 0.29) is 0 Å². The first kappa shape index (κ1) is 26.6. The van der Waals surface area contributed by atoms with Gasteiger partial charge in [0.15, 0.2) is 0 Å². The molecule has 0 N–H and O–H groups in total. The molecule has 0 aliphatic rings. The molecule has 0 aromatic carbocycles. The molecule has 0 spiro atoms. The molecule has 158 valence electrons. The second-order valence-corrected chi connectivity index (χ2v) is 9.23. The van der Waals surface area contributed by atoms with Crippen molar-refractivity contribution in [1.82, 2.24) is 0 Å². The van der Waals surface area contributed by atoms with Crippen molar-refractivity contribution in [3.05, 3.63) is 0 Å². The first-order valence-corrected chi connectivity index (χ1v) is 13.3. The summed E-state index contributed by atoms with van der Waals surface area (Å²) in [6.07, 6.45) is 28.7. The largest absolute Gasteiger partial charge is 0.224 e. The van der Waals surface area contributed by atoms with Gasteiger partial charge in [0.05, 0.1) is 0 Å². The van der Waals surface area contributed by atoms with Crippen LogP contribution in [0, 0.1) is 29.1 Å². The molecule has 0 atom stereocenters. The summed E-state index contributed by atoms with van der Waals surface area (Å²) in [5, 5.41) is 0. The van der Waals surface area contributed by atoms with E-state index in [0.717, 1.165) is 17.7 Å². The van der Waals surface area contributed by atoms with E-state index in [1.54, 1.807) is 0 Å². The molecule has 0 aliphatic heterocycles. The van der Waals surface area contributed by atoms with E-state index in [1.807, 2.05) is 0 Å². The van der Waals surface area contributed by atoms with Crippen LogP contribution in [-0.4, -0.2) is 11.8 Å². The molecular weight excluding hydrogens is 359 g/mol. The summed E-state index contributed by atoms with van der Waals surface area (Å²) < 4.78 is 0. The van der Waals surface area contributed by atoms with Crippen LogP contribution in [0.2, 0.25) is 0 Å². The predicted octanol–water partition coefficient (Wildman–Crippen LogP) is 7.45. The molecule has 0 bridgehead atoms. The third-order valence-electron chi connectivity index (χ3n) is 5.76. The summed E-state index contributed by atoms with van der Waals surface area (Å²) in [4.78, 5) is 0. The van der Waals surface area contributed by atoms with Crippen molar-refractivity contribution in [1.29, 1.82) is 0 Å². The van der Waals surface area contributed by atoms with Gasteiger partial charge in [0.1, 0.15) is 0 Å². The van der Waals surface area contributed by atoms with E-state index in [2.05, 4.69) is 30.1 Å². The highest BCUT2D eigenvalue weighted by atomic mass is 35.5. The van der Waals surface area contributed by atoms with Crippen LogP contribution in [0.3, 0.4) is 0 Å². The van der Waals surface area contributed by atoms with Gasteiger partial charge < -0.3 is 0 Å². The third-order valence-corrected chi connectivity index (χ3v) is 6.39. The Kier molecular flexibility index (Phi) is 24.1. The van der Waals surface area contributed by atoms with Gasteiger partial charge in [-0.15, -0.1) is 0 Å². The first-order valence-electron chi connectivity index (χ1n) is 12.1. The van der Waals surface area contributed by atoms with Gasteiger partial charge in [0, 0.05) is 12.8 Å². The lowest BCUT2D eigenvalue weighted by molar-refractivity contribution is -0.368. The van der Waals surface area contributed by atoms with Crippen LogP contribution in [-0.2, 0) is 0 Å². The third kappa shape index (κ3) is 20.9. The van der Waals surface area contributed by atoms with Gasteiger partial charge in [-0.2, -0.15) is 0 Å². The monoisotopic (exact) mass is 410 g/mol. The van der Waals surface area contributed by atoms with E-state index < -0.39 is 0 Å². The van der Waals surface area contributed by atoms with Crippen LogP contribution in [0.5, 0.6) is 0 Å². The highest BCUT2D eigenvalue weighted by Crippen LogP contribution is 2.24. The maximum absolute atomic E-state index is 4.31. The average Bonchev–Trinajstić information content (AvgIpc) is 2.65. The second-order valence-electron chi connectivity index (χ2n) is 8.34. The number of hydrogen-bond donors (Lipinski definition) is 0. The van der Waals surface area contributed by atoms with Crippen molar-refractivity contribution in [2.24, 2.45) is 5.92 Å². The summed E-state index contributed by atoms with van der Waals surface area (Å²) in [6, 6.07) is 0. The van der Waals surface area contributed by atoms with Crippen LogP contribution >= 0.6 is 0 Å². The fourth-order valence-electron chi connectivity index (χ4n) is 3.97. The van der Waals surface area contributed by atoms with Crippen LogP contribution in [0.4, 0.5) is 0 Å². The summed E-state index contributed by atoms with van der Waals surface area (Å²) in [5.74, 6) is 3.15. The lowest BCUT2D eigenvalue weighted by atomic mass is 9.89. The van der Waals surface area contributed by atoms with Crippen LogP contribution in [0.15, 0.2) is 0 Å². The van der Waals surface area contributed by atoms with E-state index in [9.17, 15) is 0 Å². The summed E-state index contributed by atoms with van der Waals surface area (Å²) >= 11 is 8.61. The van der Waals surface area contributed by atoms with Gasteiger partial charge in [0.2, 0.25) is 11.8 Å². The minimum atomic E-state index is 1.02. The predicted molar refractivity (Wildman–Crippen MR) is 117 cm³/mol. The molecule has 0 nitrogen and oxygen atoms in total. The minimum Gasteiger partial charge on any atom is -0.0654 e. The Bertz CT molecular complexity index is 224. The molecule has 2 heteroatoms. The highest BCUT2D eigenvalue weighted by Gasteiger charge is 2.08. The molecule has 26 heavy (non-hydrogen) atoms. The molecular formula is C24H52Cl2+4. The maximum Gasteiger partial charge on any atom is 0.224 e. The average molecular weight is 412 g/mol. The maximum atomic E-state index is 4.31. The van der Waals surface area contributed by atoms with Gasteiger partial charge in [0.25, 0.3) is 0 Å². The summed E-state index contributed by atoms with van der Waals surface area (Å²) in [6.45, 7) is 2.31. The molecule has 0 unspecified atom stereocenters. The van der Waals surface area contributed by atoms with Crippen molar-refractivity contribution in [2.75, 3.05) is 11.8 Å². The fourth-order valence-corrected chi connectivity index (χ4v) is 4.42. The lowest BCUT2D eigenvalue weighted by Crippen LogP contribution is -2.01. The summed E-state index contributed by atoms with van der Waals surface area (Å²) in [7, 11) is 0. The number of unbranched alkanes of at least 4 members (excludes halogenated alkanes) is 14. The molecule has 0 aliphatic carbocycles. The Balaban J connectivity index is 3.75. The Morgan fingerprint density at radius 1 is 0.423 bits per heavy atom. The fraction of sp³-hybridized carbons (Fsp3) is 1.00. The van der Waals surface area contributed by atoms with E-state index in [0.29, 0.717) is 0 Å². The number of halogens is 2. The Labute approximate surface area is 176 Å². The van der Waals surface area contributed by atoms with Crippen molar-refractivity contribution in [3.63, 3.8) is 0 Å². The van der Waals surface area contributed by atoms with Gasteiger partial charge in [-0.3, -0.25) is 0 Å². The van der Waals surface area contributed by atoms with Gasteiger partial charge >= 0.3 is 0 Å². The molecule has 0 radical (unpaired) electrons. The Morgan fingerprint density at radius 3 is 1.08 bits per heavy atom. The van der Waals surface area contributed by atoms with Crippen LogP contribution in [0.25, 0.3) is 0 Å². The van der Waals surface area contributed by atoms with Crippen LogP contribution in [0.1, 0.15) is 135 Å². The lowest BCUT2D eigenvalue weighted by Gasteiger charge is -2.17. The normalized spacial score (nSPS) is 11.5. The van der Waals surface area contributed by atoms with Gasteiger partial charge in [-0.1, -0.05) is 110 Å². The SMILES string of the molecule is CCCCCCCC(CCCCCCCC[ClH2+2])CCCCCCCC[ClH2+2].